The fraction of sp³-hybridized carbons (Fsp3) is 0.923. The number of amides is 1. The Morgan fingerprint density at radius 1 is 1.31 bits per heavy atom. The molecule has 3 nitrogen and oxygen atoms in total. The Morgan fingerprint density at radius 2 is 2.00 bits per heavy atom. The van der Waals surface area contributed by atoms with Gasteiger partial charge in [0.15, 0.2) is 0 Å². The molecule has 0 aromatic heterocycles. The zero-order valence-corrected chi connectivity index (χ0v) is 10.5. The highest BCUT2D eigenvalue weighted by atomic mass is 16.2. The van der Waals surface area contributed by atoms with Crippen molar-refractivity contribution in [2.24, 2.45) is 0 Å². The molecule has 1 heterocycles. The predicted molar refractivity (Wildman–Crippen MR) is 65.0 cm³/mol. The number of hydrogen-bond donors (Lipinski definition) is 1. The molecule has 1 N–H and O–H groups in total. The van der Waals surface area contributed by atoms with Crippen LogP contribution in [0.2, 0.25) is 0 Å². The van der Waals surface area contributed by atoms with Crippen LogP contribution in [0, 0.1) is 0 Å². The molecule has 0 aromatic carbocycles. The number of rotatable bonds is 4. The van der Waals surface area contributed by atoms with Crippen molar-refractivity contribution in [3.05, 3.63) is 0 Å². The predicted octanol–water partition coefficient (Wildman–Crippen LogP) is 2.27. The van der Waals surface area contributed by atoms with Crippen molar-refractivity contribution in [2.75, 3.05) is 0 Å². The van der Waals surface area contributed by atoms with Gasteiger partial charge in [0.25, 0.3) is 0 Å². The van der Waals surface area contributed by atoms with Crippen molar-refractivity contribution in [1.29, 1.82) is 0 Å². The van der Waals surface area contributed by atoms with Crippen molar-refractivity contribution >= 4 is 5.91 Å². The standard InChI is InChI=1S/C13H24N2O/c1-3-7-12-14-11(4-2)13(16)15(12)10-8-5-6-9-10/h10-12,14H,3-9H2,1-2H3. The summed E-state index contributed by atoms with van der Waals surface area (Å²) >= 11 is 0. The van der Waals surface area contributed by atoms with Crippen LogP contribution in [-0.2, 0) is 4.79 Å². The molecule has 1 saturated carbocycles. The topological polar surface area (TPSA) is 32.3 Å². The Kier molecular flexibility index (Phi) is 3.85. The first-order chi connectivity index (χ1) is 7.77. The first-order valence-corrected chi connectivity index (χ1v) is 6.86. The molecule has 16 heavy (non-hydrogen) atoms. The van der Waals surface area contributed by atoms with Crippen molar-refractivity contribution < 1.29 is 4.79 Å². The summed E-state index contributed by atoms with van der Waals surface area (Å²) in [5.41, 5.74) is 0. The Morgan fingerprint density at radius 3 is 2.56 bits per heavy atom. The third kappa shape index (κ3) is 2.10. The van der Waals surface area contributed by atoms with Gasteiger partial charge in [0.05, 0.1) is 12.2 Å². The zero-order valence-electron chi connectivity index (χ0n) is 10.5. The van der Waals surface area contributed by atoms with Gasteiger partial charge in [0.1, 0.15) is 0 Å². The second-order valence-electron chi connectivity index (χ2n) is 5.12. The third-order valence-electron chi connectivity index (χ3n) is 3.97. The van der Waals surface area contributed by atoms with Crippen LogP contribution in [0.4, 0.5) is 0 Å². The molecule has 92 valence electrons. The molecule has 2 unspecified atom stereocenters. The lowest BCUT2D eigenvalue weighted by atomic mass is 10.1. The minimum atomic E-state index is 0.0807. The molecular formula is C13H24N2O. The van der Waals surface area contributed by atoms with Crippen LogP contribution in [0.15, 0.2) is 0 Å². The van der Waals surface area contributed by atoms with E-state index in [4.69, 9.17) is 0 Å². The second kappa shape index (κ2) is 5.17. The van der Waals surface area contributed by atoms with Gasteiger partial charge in [-0.1, -0.05) is 33.1 Å². The summed E-state index contributed by atoms with van der Waals surface area (Å²) in [5.74, 6) is 0.354. The van der Waals surface area contributed by atoms with Gasteiger partial charge in [-0.3, -0.25) is 10.1 Å². The molecule has 2 atom stereocenters. The van der Waals surface area contributed by atoms with E-state index in [0.717, 1.165) is 19.3 Å². The number of nitrogens with one attached hydrogen (secondary N) is 1. The lowest BCUT2D eigenvalue weighted by Crippen LogP contribution is -2.43. The average molecular weight is 224 g/mol. The maximum absolute atomic E-state index is 12.3. The summed E-state index contributed by atoms with van der Waals surface area (Å²) in [5, 5.41) is 3.49. The van der Waals surface area contributed by atoms with Crippen LogP contribution in [0.3, 0.4) is 0 Å². The molecular weight excluding hydrogens is 200 g/mol. The smallest absolute Gasteiger partial charge is 0.241 e. The Balaban J connectivity index is 2.07. The highest BCUT2D eigenvalue weighted by Gasteiger charge is 2.41. The maximum atomic E-state index is 12.3. The Bertz CT molecular complexity index is 248. The normalized spacial score (nSPS) is 31.6. The minimum absolute atomic E-state index is 0.0807. The summed E-state index contributed by atoms with van der Waals surface area (Å²) < 4.78 is 0. The van der Waals surface area contributed by atoms with E-state index in [0.29, 0.717) is 18.1 Å². The molecule has 2 rings (SSSR count). The third-order valence-corrected chi connectivity index (χ3v) is 3.97. The van der Waals surface area contributed by atoms with Gasteiger partial charge in [0.2, 0.25) is 5.91 Å². The number of hydrogen-bond acceptors (Lipinski definition) is 2. The molecule has 1 aliphatic heterocycles. The largest absolute Gasteiger partial charge is 0.323 e. The van der Waals surface area contributed by atoms with E-state index in [-0.39, 0.29) is 6.04 Å². The summed E-state index contributed by atoms with van der Waals surface area (Å²) in [6.45, 7) is 4.29. The van der Waals surface area contributed by atoms with E-state index in [9.17, 15) is 4.79 Å². The zero-order chi connectivity index (χ0) is 11.5. The van der Waals surface area contributed by atoms with Crippen LogP contribution in [-0.4, -0.2) is 29.1 Å². The van der Waals surface area contributed by atoms with Gasteiger partial charge in [-0.15, -0.1) is 0 Å². The van der Waals surface area contributed by atoms with E-state index in [1.165, 1.54) is 25.7 Å². The van der Waals surface area contributed by atoms with Crippen LogP contribution in [0.1, 0.15) is 58.8 Å². The molecule has 0 radical (unpaired) electrons. The monoisotopic (exact) mass is 224 g/mol. The van der Waals surface area contributed by atoms with E-state index >= 15 is 0 Å². The Hall–Kier alpha value is -0.570. The molecule has 1 amide bonds. The van der Waals surface area contributed by atoms with Crippen molar-refractivity contribution in [2.45, 2.75) is 77.0 Å². The lowest BCUT2D eigenvalue weighted by molar-refractivity contribution is -0.132. The average Bonchev–Trinajstić information content (AvgIpc) is 2.87. The highest BCUT2D eigenvalue weighted by Crippen LogP contribution is 2.29. The molecule has 0 spiro atoms. The van der Waals surface area contributed by atoms with Crippen molar-refractivity contribution in [3.63, 3.8) is 0 Å². The molecule has 0 aromatic rings. The number of carbonyl (C=O) groups is 1. The SMILES string of the molecule is CCCC1NC(CC)C(=O)N1C1CCCC1. The van der Waals surface area contributed by atoms with E-state index < -0.39 is 0 Å². The number of nitrogens with zero attached hydrogens (tertiary/aromatic N) is 1. The Labute approximate surface area is 98.6 Å². The summed E-state index contributed by atoms with van der Waals surface area (Å²) in [6.07, 6.45) is 8.49. The first kappa shape index (κ1) is 11.9. The molecule has 2 aliphatic rings. The molecule has 1 aliphatic carbocycles. The van der Waals surface area contributed by atoms with E-state index in [1.807, 2.05) is 0 Å². The fourth-order valence-electron chi connectivity index (χ4n) is 3.12. The van der Waals surface area contributed by atoms with Gasteiger partial charge in [-0.25, -0.2) is 0 Å². The van der Waals surface area contributed by atoms with Gasteiger partial charge in [-0.2, -0.15) is 0 Å². The number of carbonyl (C=O) groups excluding carboxylic acids is 1. The highest BCUT2D eigenvalue weighted by molar-refractivity contribution is 5.84. The van der Waals surface area contributed by atoms with E-state index in [1.54, 1.807) is 0 Å². The lowest BCUT2D eigenvalue weighted by Gasteiger charge is -2.30. The van der Waals surface area contributed by atoms with Gasteiger partial charge < -0.3 is 4.90 Å². The van der Waals surface area contributed by atoms with Gasteiger partial charge in [-0.05, 0) is 25.7 Å². The quantitative estimate of drug-likeness (QED) is 0.794. The summed E-state index contributed by atoms with van der Waals surface area (Å²) in [7, 11) is 0. The van der Waals surface area contributed by atoms with Crippen molar-refractivity contribution in [1.82, 2.24) is 10.2 Å². The van der Waals surface area contributed by atoms with E-state index in [2.05, 4.69) is 24.1 Å². The second-order valence-corrected chi connectivity index (χ2v) is 5.12. The molecule has 0 bridgehead atoms. The molecule has 2 fully saturated rings. The van der Waals surface area contributed by atoms with Gasteiger partial charge in [0, 0.05) is 6.04 Å². The van der Waals surface area contributed by atoms with Crippen LogP contribution in [0.5, 0.6) is 0 Å². The van der Waals surface area contributed by atoms with Crippen LogP contribution < -0.4 is 5.32 Å². The maximum Gasteiger partial charge on any atom is 0.241 e. The first-order valence-electron chi connectivity index (χ1n) is 6.86. The fourth-order valence-corrected chi connectivity index (χ4v) is 3.12. The summed E-state index contributed by atoms with van der Waals surface area (Å²) in [4.78, 5) is 14.4. The summed E-state index contributed by atoms with van der Waals surface area (Å²) in [6, 6.07) is 0.602. The molecule has 1 saturated heterocycles. The van der Waals surface area contributed by atoms with Crippen LogP contribution >= 0.6 is 0 Å². The van der Waals surface area contributed by atoms with Crippen LogP contribution in [0.25, 0.3) is 0 Å². The minimum Gasteiger partial charge on any atom is -0.323 e. The van der Waals surface area contributed by atoms with Crippen molar-refractivity contribution in [3.8, 4) is 0 Å². The van der Waals surface area contributed by atoms with Gasteiger partial charge >= 0.3 is 0 Å². The molecule has 3 heteroatoms.